The maximum Gasteiger partial charge on any atom is 0.343 e. The number of carbonyl (C=O) groups is 2. The van der Waals surface area contributed by atoms with Crippen molar-refractivity contribution in [3.05, 3.63) is 29.8 Å². The van der Waals surface area contributed by atoms with Crippen LogP contribution < -0.4 is 4.74 Å². The Morgan fingerprint density at radius 1 is 1.32 bits per heavy atom. The van der Waals surface area contributed by atoms with Crippen molar-refractivity contribution in [1.82, 2.24) is 4.90 Å². The number of rotatable bonds is 6. The van der Waals surface area contributed by atoms with Crippen molar-refractivity contribution in [1.29, 1.82) is 0 Å². The molecule has 0 radical (unpaired) electrons. The Morgan fingerprint density at radius 2 is 2.08 bits per heavy atom. The van der Waals surface area contributed by atoms with Gasteiger partial charge in [-0.3, -0.25) is 4.79 Å². The third-order valence-corrected chi connectivity index (χ3v) is 5.09. The molecule has 1 unspecified atom stereocenters. The molecule has 1 atom stereocenters. The predicted molar refractivity (Wildman–Crippen MR) is 90.3 cm³/mol. The second kappa shape index (κ2) is 7.42. The third kappa shape index (κ3) is 4.30. The van der Waals surface area contributed by atoms with Gasteiger partial charge < -0.3 is 14.7 Å². The maximum absolute atomic E-state index is 14.0. The topological polar surface area (TPSA) is 66.8 Å². The minimum Gasteiger partial charge on any atom is -0.490 e. The molecule has 0 bridgehead atoms. The molecular formula is C19H24FNO4. The SMILES string of the molecule is O=C(CCc1cccc(OC2CCCC2)c1)N1CCC(F)(C(=O)O)C1. The summed E-state index contributed by atoms with van der Waals surface area (Å²) in [5.74, 6) is -0.867. The zero-order chi connectivity index (χ0) is 17.9. The molecule has 2 aliphatic rings. The molecule has 1 saturated heterocycles. The Hall–Kier alpha value is -2.11. The highest BCUT2D eigenvalue weighted by atomic mass is 19.1. The molecule has 1 aromatic carbocycles. The number of hydrogen-bond donors (Lipinski definition) is 1. The Kier molecular flexibility index (Phi) is 5.25. The van der Waals surface area contributed by atoms with Crippen LogP contribution in [0.4, 0.5) is 4.39 Å². The lowest BCUT2D eigenvalue weighted by Crippen LogP contribution is -2.38. The van der Waals surface area contributed by atoms with Gasteiger partial charge in [0.15, 0.2) is 0 Å². The van der Waals surface area contributed by atoms with Crippen LogP contribution in [0.3, 0.4) is 0 Å². The molecule has 6 heteroatoms. The van der Waals surface area contributed by atoms with Gasteiger partial charge in [-0.15, -0.1) is 0 Å². The first-order chi connectivity index (χ1) is 12.0. The number of carbonyl (C=O) groups excluding carboxylic acids is 1. The van der Waals surface area contributed by atoms with Gasteiger partial charge in [-0.2, -0.15) is 0 Å². The number of alkyl halides is 1. The Morgan fingerprint density at radius 3 is 2.76 bits per heavy atom. The number of ether oxygens (including phenoxy) is 1. The molecule has 5 nitrogen and oxygen atoms in total. The normalized spacial score (nSPS) is 23.8. The molecule has 136 valence electrons. The lowest BCUT2D eigenvalue weighted by atomic mass is 10.1. The number of hydrogen-bond acceptors (Lipinski definition) is 3. The van der Waals surface area contributed by atoms with Crippen molar-refractivity contribution in [2.24, 2.45) is 0 Å². The quantitative estimate of drug-likeness (QED) is 0.857. The van der Waals surface area contributed by atoms with Gasteiger partial charge in [0, 0.05) is 19.4 Å². The first kappa shape index (κ1) is 17.7. The summed E-state index contributed by atoms with van der Waals surface area (Å²) in [6, 6.07) is 7.73. The zero-order valence-corrected chi connectivity index (χ0v) is 14.2. The number of halogens is 1. The van der Waals surface area contributed by atoms with E-state index in [1.54, 1.807) is 0 Å². The van der Waals surface area contributed by atoms with E-state index in [2.05, 4.69) is 0 Å². The molecule has 1 aliphatic heterocycles. The molecule has 0 spiro atoms. The first-order valence-corrected chi connectivity index (χ1v) is 8.92. The van der Waals surface area contributed by atoms with E-state index in [1.165, 1.54) is 17.7 Å². The number of carboxylic acid groups (broad SMARTS) is 1. The van der Waals surface area contributed by atoms with Crippen LogP contribution in [0.15, 0.2) is 24.3 Å². The number of likely N-dealkylation sites (tertiary alicyclic amines) is 1. The summed E-state index contributed by atoms with van der Waals surface area (Å²) in [4.78, 5) is 24.5. The van der Waals surface area contributed by atoms with Crippen LogP contribution in [0.2, 0.25) is 0 Å². The van der Waals surface area contributed by atoms with Crippen LogP contribution in [-0.4, -0.2) is 46.7 Å². The third-order valence-electron chi connectivity index (χ3n) is 5.09. The Bertz CT molecular complexity index is 644. The fraction of sp³-hybridized carbons (Fsp3) is 0.579. The van der Waals surface area contributed by atoms with Crippen molar-refractivity contribution in [3.8, 4) is 5.75 Å². The monoisotopic (exact) mass is 349 g/mol. The second-order valence-corrected chi connectivity index (χ2v) is 7.01. The van der Waals surface area contributed by atoms with Gasteiger partial charge in [-0.05, 0) is 49.8 Å². The highest BCUT2D eigenvalue weighted by molar-refractivity contribution is 5.82. The van der Waals surface area contributed by atoms with Crippen molar-refractivity contribution < 1.29 is 23.8 Å². The van der Waals surface area contributed by atoms with E-state index in [0.717, 1.165) is 24.2 Å². The Labute approximate surface area is 146 Å². The molecule has 1 N–H and O–H groups in total. The molecule has 3 rings (SSSR count). The highest BCUT2D eigenvalue weighted by Gasteiger charge is 2.46. The fourth-order valence-corrected chi connectivity index (χ4v) is 3.54. The lowest BCUT2D eigenvalue weighted by Gasteiger charge is -2.18. The number of nitrogens with zero attached hydrogens (tertiary/aromatic N) is 1. The summed E-state index contributed by atoms with van der Waals surface area (Å²) in [5.41, 5.74) is -1.31. The summed E-state index contributed by atoms with van der Waals surface area (Å²) >= 11 is 0. The van der Waals surface area contributed by atoms with E-state index in [9.17, 15) is 14.0 Å². The summed E-state index contributed by atoms with van der Waals surface area (Å²) in [5, 5.41) is 8.90. The number of aryl methyl sites for hydroxylation is 1. The molecule has 1 heterocycles. The predicted octanol–water partition coefficient (Wildman–Crippen LogP) is 2.97. The summed E-state index contributed by atoms with van der Waals surface area (Å²) in [6.07, 6.45) is 5.51. The van der Waals surface area contributed by atoms with Crippen LogP contribution >= 0.6 is 0 Å². The van der Waals surface area contributed by atoms with E-state index < -0.39 is 11.6 Å². The van der Waals surface area contributed by atoms with Gasteiger partial charge in [0.05, 0.1) is 12.6 Å². The standard InChI is InChI=1S/C19H24FNO4/c20-19(18(23)24)10-11-21(13-19)17(22)9-8-14-4-3-7-16(12-14)25-15-5-1-2-6-15/h3-4,7,12,15H,1-2,5-6,8-11,13H2,(H,23,24). The van der Waals surface area contributed by atoms with Crippen LogP contribution in [0.25, 0.3) is 0 Å². The number of carboxylic acids is 1. The van der Waals surface area contributed by atoms with Crippen LogP contribution in [0.5, 0.6) is 5.75 Å². The maximum atomic E-state index is 14.0. The van der Waals surface area contributed by atoms with Gasteiger partial charge in [-0.1, -0.05) is 12.1 Å². The first-order valence-electron chi connectivity index (χ1n) is 8.92. The molecule has 1 aliphatic carbocycles. The van der Waals surface area contributed by atoms with Gasteiger partial charge in [-0.25, -0.2) is 9.18 Å². The fourth-order valence-electron chi connectivity index (χ4n) is 3.54. The Balaban J connectivity index is 1.51. The minimum atomic E-state index is -2.30. The highest BCUT2D eigenvalue weighted by Crippen LogP contribution is 2.27. The van der Waals surface area contributed by atoms with Crippen molar-refractivity contribution in [2.75, 3.05) is 13.1 Å². The van der Waals surface area contributed by atoms with E-state index in [0.29, 0.717) is 6.42 Å². The van der Waals surface area contributed by atoms with Gasteiger partial charge in [0.25, 0.3) is 0 Å². The molecule has 2 fully saturated rings. The van der Waals surface area contributed by atoms with E-state index in [1.807, 2.05) is 24.3 Å². The molecule has 1 saturated carbocycles. The van der Waals surface area contributed by atoms with Gasteiger partial charge in [0.1, 0.15) is 5.75 Å². The van der Waals surface area contributed by atoms with Crippen LogP contribution in [0, 0.1) is 0 Å². The van der Waals surface area contributed by atoms with Gasteiger partial charge in [0.2, 0.25) is 11.6 Å². The van der Waals surface area contributed by atoms with Gasteiger partial charge >= 0.3 is 5.97 Å². The lowest BCUT2D eigenvalue weighted by molar-refractivity contribution is -0.150. The van der Waals surface area contributed by atoms with Crippen molar-refractivity contribution in [3.63, 3.8) is 0 Å². The summed E-state index contributed by atoms with van der Waals surface area (Å²) < 4.78 is 20.0. The number of benzene rings is 1. The molecule has 1 aromatic rings. The van der Waals surface area contributed by atoms with E-state index in [4.69, 9.17) is 9.84 Å². The number of aliphatic carboxylic acids is 1. The molecule has 0 aromatic heterocycles. The number of amides is 1. The van der Waals surface area contributed by atoms with Crippen LogP contribution in [-0.2, 0) is 16.0 Å². The smallest absolute Gasteiger partial charge is 0.343 e. The molecule has 1 amide bonds. The average Bonchev–Trinajstić information content (AvgIpc) is 3.23. The van der Waals surface area contributed by atoms with Crippen LogP contribution in [0.1, 0.15) is 44.1 Å². The average molecular weight is 349 g/mol. The second-order valence-electron chi connectivity index (χ2n) is 7.01. The van der Waals surface area contributed by atoms with E-state index in [-0.39, 0.29) is 37.9 Å². The largest absolute Gasteiger partial charge is 0.490 e. The molecular weight excluding hydrogens is 325 g/mol. The van der Waals surface area contributed by atoms with E-state index >= 15 is 0 Å². The van der Waals surface area contributed by atoms with Crippen molar-refractivity contribution in [2.45, 2.75) is 56.7 Å². The zero-order valence-electron chi connectivity index (χ0n) is 14.2. The summed E-state index contributed by atoms with van der Waals surface area (Å²) in [6.45, 7) is -0.196. The minimum absolute atomic E-state index is 0.140. The van der Waals surface area contributed by atoms with Crippen molar-refractivity contribution >= 4 is 11.9 Å². The summed E-state index contributed by atoms with van der Waals surface area (Å²) in [7, 11) is 0. The molecule has 25 heavy (non-hydrogen) atoms.